The first-order valence-corrected chi connectivity index (χ1v) is 11.2. The van der Waals surface area contributed by atoms with Crippen LogP contribution in [0.1, 0.15) is 38.1 Å². The first-order chi connectivity index (χ1) is 14.4. The summed E-state index contributed by atoms with van der Waals surface area (Å²) in [5, 5.41) is 12.5. The predicted octanol–water partition coefficient (Wildman–Crippen LogP) is 4.87. The molecule has 0 bridgehead atoms. The summed E-state index contributed by atoms with van der Waals surface area (Å²) in [4.78, 5) is 14.9. The Labute approximate surface area is 185 Å². The summed E-state index contributed by atoms with van der Waals surface area (Å²) in [6.07, 6.45) is -1.86. The van der Waals surface area contributed by atoms with E-state index in [4.69, 9.17) is 4.74 Å². The van der Waals surface area contributed by atoms with Crippen molar-refractivity contribution in [2.75, 3.05) is 26.2 Å². The lowest BCUT2D eigenvalue weighted by atomic mass is 9.73. The molecular weight excluding hydrogens is 429 g/mol. The van der Waals surface area contributed by atoms with E-state index in [1.54, 1.807) is 18.2 Å². The molecule has 31 heavy (non-hydrogen) atoms. The summed E-state index contributed by atoms with van der Waals surface area (Å²) in [7, 11) is 0. The van der Waals surface area contributed by atoms with Crippen molar-refractivity contribution < 1.29 is 27.8 Å². The number of carboxylic acid groups (broad SMARTS) is 1. The monoisotopic (exact) mass is 458 g/mol. The third kappa shape index (κ3) is 6.55. The summed E-state index contributed by atoms with van der Waals surface area (Å²) in [5.74, 6) is -0.685. The van der Waals surface area contributed by atoms with Gasteiger partial charge in [0.2, 0.25) is 0 Å². The molecule has 2 N–H and O–H groups in total. The van der Waals surface area contributed by atoms with E-state index in [0.717, 1.165) is 11.4 Å². The molecule has 0 spiro atoms. The Hall–Kier alpha value is -1.87. The average Bonchev–Trinajstić information content (AvgIpc) is 3.13. The normalized spacial score (nSPS) is 25.1. The zero-order chi connectivity index (χ0) is 22.8. The number of likely N-dealkylation sites (tertiary alicyclic amines) is 1. The highest BCUT2D eigenvalue weighted by atomic mass is 32.2. The highest BCUT2D eigenvalue weighted by Crippen LogP contribution is 2.42. The van der Waals surface area contributed by atoms with E-state index in [-0.39, 0.29) is 22.5 Å². The van der Waals surface area contributed by atoms with Crippen LogP contribution in [0.5, 0.6) is 5.75 Å². The number of benzene rings is 1. The lowest BCUT2D eigenvalue weighted by Gasteiger charge is -2.42. The first kappa shape index (κ1) is 23.8. The van der Waals surface area contributed by atoms with Gasteiger partial charge in [-0.15, -0.1) is 0 Å². The fourth-order valence-electron chi connectivity index (χ4n) is 3.96. The van der Waals surface area contributed by atoms with Crippen molar-refractivity contribution in [2.24, 2.45) is 17.3 Å². The number of carboxylic acids is 1. The topological polar surface area (TPSA) is 61.8 Å². The summed E-state index contributed by atoms with van der Waals surface area (Å²) in [5.41, 5.74) is 0.664. The SMILES string of the molecule is CC(C)(C)C1C[C@@H](C(=O)O)CN(CC2=CNC(c3ccccc3OCC(F)(F)F)S2)C1. The van der Waals surface area contributed by atoms with Crippen molar-refractivity contribution in [3.8, 4) is 5.75 Å². The number of rotatable bonds is 6. The largest absolute Gasteiger partial charge is 0.484 e. The molecule has 1 aromatic carbocycles. The molecule has 3 atom stereocenters. The number of piperidine rings is 1. The van der Waals surface area contributed by atoms with Gasteiger partial charge < -0.3 is 15.2 Å². The fraction of sp³-hybridized carbons (Fsp3) is 0.591. The molecule has 2 heterocycles. The molecule has 9 heteroatoms. The minimum Gasteiger partial charge on any atom is -0.484 e. The smallest absolute Gasteiger partial charge is 0.422 e. The number of aliphatic carboxylic acids is 1. The van der Waals surface area contributed by atoms with E-state index in [1.165, 1.54) is 17.8 Å². The molecule has 3 rings (SSSR count). The van der Waals surface area contributed by atoms with Crippen LogP contribution in [0.4, 0.5) is 13.2 Å². The van der Waals surface area contributed by atoms with E-state index >= 15 is 0 Å². The number of nitrogens with one attached hydrogen (secondary N) is 1. The number of halogens is 3. The molecule has 1 aromatic rings. The molecule has 1 saturated heterocycles. The van der Waals surface area contributed by atoms with E-state index in [9.17, 15) is 23.1 Å². The summed E-state index contributed by atoms with van der Waals surface area (Å²) in [6, 6.07) is 6.71. The van der Waals surface area contributed by atoms with Gasteiger partial charge in [-0.25, -0.2) is 0 Å². The lowest BCUT2D eigenvalue weighted by Crippen LogP contribution is -2.47. The average molecular weight is 459 g/mol. The van der Waals surface area contributed by atoms with Gasteiger partial charge >= 0.3 is 12.1 Å². The molecule has 0 radical (unpaired) electrons. The Bertz CT molecular complexity index is 823. The number of carbonyl (C=O) groups is 1. The molecule has 2 unspecified atom stereocenters. The van der Waals surface area contributed by atoms with Crippen molar-refractivity contribution in [1.82, 2.24) is 10.2 Å². The Morgan fingerprint density at radius 3 is 2.61 bits per heavy atom. The van der Waals surface area contributed by atoms with Crippen molar-refractivity contribution in [3.05, 3.63) is 40.9 Å². The number of alkyl halides is 3. The predicted molar refractivity (Wildman–Crippen MR) is 115 cm³/mol. The minimum atomic E-state index is -4.40. The second kappa shape index (κ2) is 9.32. The Kier molecular flexibility index (Phi) is 7.15. The maximum atomic E-state index is 12.6. The van der Waals surface area contributed by atoms with Gasteiger partial charge in [0.15, 0.2) is 6.61 Å². The van der Waals surface area contributed by atoms with E-state index < -0.39 is 24.7 Å². The second-order valence-electron chi connectivity index (χ2n) is 9.24. The van der Waals surface area contributed by atoms with Crippen LogP contribution in [0, 0.1) is 17.3 Å². The summed E-state index contributed by atoms with van der Waals surface area (Å²) < 4.78 is 42.7. The van der Waals surface area contributed by atoms with Gasteiger partial charge in [-0.3, -0.25) is 9.69 Å². The molecule has 0 amide bonds. The molecule has 172 valence electrons. The van der Waals surface area contributed by atoms with Crippen LogP contribution >= 0.6 is 11.8 Å². The minimum absolute atomic E-state index is 0.0130. The van der Waals surface area contributed by atoms with Crippen molar-refractivity contribution in [1.29, 1.82) is 0 Å². The highest BCUT2D eigenvalue weighted by Gasteiger charge is 2.38. The Balaban J connectivity index is 1.64. The number of thioether (sulfide) groups is 1. The van der Waals surface area contributed by atoms with Gasteiger partial charge in [0.1, 0.15) is 11.1 Å². The van der Waals surface area contributed by atoms with Crippen LogP contribution in [0.3, 0.4) is 0 Å². The Morgan fingerprint density at radius 1 is 1.26 bits per heavy atom. The number of hydrogen-bond donors (Lipinski definition) is 2. The van der Waals surface area contributed by atoms with Gasteiger partial charge in [0.25, 0.3) is 0 Å². The number of hydrogen-bond acceptors (Lipinski definition) is 5. The zero-order valence-corrected chi connectivity index (χ0v) is 18.7. The van der Waals surface area contributed by atoms with Crippen LogP contribution < -0.4 is 10.1 Å². The third-order valence-electron chi connectivity index (χ3n) is 5.74. The third-order valence-corrected chi connectivity index (χ3v) is 6.91. The summed E-state index contributed by atoms with van der Waals surface area (Å²) >= 11 is 1.52. The fourth-order valence-corrected chi connectivity index (χ4v) is 5.11. The first-order valence-electron chi connectivity index (χ1n) is 10.3. The van der Waals surface area contributed by atoms with Crippen LogP contribution in [-0.4, -0.2) is 48.4 Å². The van der Waals surface area contributed by atoms with Crippen LogP contribution in [-0.2, 0) is 4.79 Å². The Morgan fingerprint density at radius 2 is 1.97 bits per heavy atom. The quantitative estimate of drug-likeness (QED) is 0.634. The maximum absolute atomic E-state index is 12.6. The van der Waals surface area contributed by atoms with Crippen molar-refractivity contribution in [2.45, 2.75) is 38.7 Å². The van der Waals surface area contributed by atoms with Gasteiger partial charge in [0, 0.05) is 36.3 Å². The molecule has 2 aliphatic heterocycles. The zero-order valence-electron chi connectivity index (χ0n) is 17.9. The van der Waals surface area contributed by atoms with E-state index in [2.05, 4.69) is 31.0 Å². The molecule has 1 fully saturated rings. The van der Waals surface area contributed by atoms with Crippen LogP contribution in [0.15, 0.2) is 35.4 Å². The molecule has 2 aliphatic rings. The standard InChI is InChI=1S/C22H29F3N2O3S/c1-21(2,3)15-8-14(20(28)29)10-27(11-15)12-16-9-26-19(31-16)17-6-4-5-7-18(17)30-13-22(23,24)25/h4-7,9,14-15,19,26H,8,10-13H2,1-3H3,(H,28,29)/t14-,15?,19?/m1/s1. The maximum Gasteiger partial charge on any atom is 0.422 e. The molecule has 5 nitrogen and oxygen atoms in total. The molecular formula is C22H29F3N2O3S. The second-order valence-corrected chi connectivity index (χ2v) is 10.5. The van der Waals surface area contributed by atoms with E-state index in [0.29, 0.717) is 25.1 Å². The van der Waals surface area contributed by atoms with E-state index in [1.807, 2.05) is 6.20 Å². The highest BCUT2D eigenvalue weighted by molar-refractivity contribution is 8.03. The number of ether oxygens (including phenoxy) is 1. The van der Waals surface area contributed by atoms with Gasteiger partial charge in [-0.05, 0) is 23.8 Å². The summed E-state index contributed by atoms with van der Waals surface area (Å²) in [6.45, 7) is 7.00. The van der Waals surface area contributed by atoms with Gasteiger partial charge in [-0.1, -0.05) is 50.7 Å². The lowest BCUT2D eigenvalue weighted by molar-refractivity contribution is -0.153. The van der Waals surface area contributed by atoms with Crippen LogP contribution in [0.25, 0.3) is 0 Å². The van der Waals surface area contributed by atoms with Crippen LogP contribution in [0.2, 0.25) is 0 Å². The molecule has 0 aromatic heterocycles. The van der Waals surface area contributed by atoms with Gasteiger partial charge in [-0.2, -0.15) is 13.2 Å². The van der Waals surface area contributed by atoms with Gasteiger partial charge in [0.05, 0.1) is 5.92 Å². The molecule has 0 saturated carbocycles. The molecule has 0 aliphatic carbocycles. The number of nitrogens with zero attached hydrogens (tertiary/aromatic N) is 1. The van der Waals surface area contributed by atoms with Crippen molar-refractivity contribution >= 4 is 17.7 Å². The van der Waals surface area contributed by atoms with Crippen molar-refractivity contribution in [3.63, 3.8) is 0 Å². The number of para-hydroxylation sites is 1.